The Morgan fingerprint density at radius 2 is 2.03 bits per heavy atom. The highest BCUT2D eigenvalue weighted by Gasteiger charge is 2.35. The van der Waals surface area contributed by atoms with Gasteiger partial charge in [-0.1, -0.05) is 23.4 Å². The van der Waals surface area contributed by atoms with Crippen LogP contribution in [0.5, 0.6) is 0 Å². The molecule has 1 atom stereocenters. The molecule has 0 radical (unpaired) electrons. The maximum absolute atomic E-state index is 13.4. The summed E-state index contributed by atoms with van der Waals surface area (Å²) in [7, 11) is 0. The Kier molecular flexibility index (Phi) is 4.32. The molecule has 0 unspecified atom stereocenters. The molecule has 1 aliphatic rings. The minimum absolute atomic E-state index is 0.0943. The van der Waals surface area contributed by atoms with Gasteiger partial charge in [0.25, 0.3) is 5.91 Å². The first kappa shape index (κ1) is 17.2. The van der Waals surface area contributed by atoms with Crippen LogP contribution in [0, 0.1) is 0 Å². The molecule has 0 saturated carbocycles. The van der Waals surface area contributed by atoms with Gasteiger partial charge in [0.05, 0.1) is 5.56 Å². The van der Waals surface area contributed by atoms with Gasteiger partial charge in [-0.3, -0.25) is 14.9 Å². The van der Waals surface area contributed by atoms with E-state index in [1.165, 1.54) is 6.33 Å². The van der Waals surface area contributed by atoms with Crippen LogP contribution in [0.1, 0.15) is 35.1 Å². The summed E-state index contributed by atoms with van der Waals surface area (Å²) in [5.74, 6) is 1.40. The molecule has 1 fully saturated rings. The number of rotatable bonds is 4. The largest absolute Gasteiger partial charge is 0.337 e. The Morgan fingerprint density at radius 1 is 1.17 bits per heavy atom. The molecular weight excluding hydrogens is 370 g/mol. The number of aromatic amines is 1. The summed E-state index contributed by atoms with van der Waals surface area (Å²) in [6, 6.07) is 10.7. The van der Waals surface area contributed by atoms with E-state index in [1.54, 1.807) is 23.4 Å². The lowest BCUT2D eigenvalue weighted by Crippen LogP contribution is -2.31. The normalized spacial score (nSPS) is 16.3. The number of aromatic nitrogens is 6. The van der Waals surface area contributed by atoms with Crippen LogP contribution in [-0.4, -0.2) is 47.7 Å². The maximum atomic E-state index is 13.4. The molecule has 4 aromatic rings. The third-order valence-corrected chi connectivity index (χ3v) is 5.01. The monoisotopic (exact) mass is 387 g/mol. The third-order valence-electron chi connectivity index (χ3n) is 5.01. The molecule has 0 spiro atoms. The molecule has 1 aliphatic heterocycles. The van der Waals surface area contributed by atoms with E-state index in [0.29, 0.717) is 35.2 Å². The van der Waals surface area contributed by atoms with Gasteiger partial charge in [-0.05, 0) is 31.0 Å². The van der Waals surface area contributed by atoms with E-state index in [-0.39, 0.29) is 11.9 Å². The lowest BCUT2D eigenvalue weighted by Gasteiger charge is -2.22. The fraction of sp³-hybridized carbons (Fsp3) is 0.200. The Labute approximate surface area is 165 Å². The fourth-order valence-electron chi connectivity index (χ4n) is 3.62. The number of likely N-dealkylation sites (tertiary alicyclic amines) is 1. The Hall–Kier alpha value is -3.88. The second-order valence-electron chi connectivity index (χ2n) is 6.73. The number of hydrogen-bond acceptors (Lipinski definition) is 7. The lowest BCUT2D eigenvalue weighted by molar-refractivity contribution is 0.0711. The molecular formula is C20H17N7O2. The first-order valence-electron chi connectivity index (χ1n) is 9.31. The van der Waals surface area contributed by atoms with Gasteiger partial charge in [0.2, 0.25) is 11.7 Å². The number of carbonyl (C=O) groups excluding carboxylic acids is 1. The van der Waals surface area contributed by atoms with E-state index in [2.05, 4.69) is 30.3 Å². The van der Waals surface area contributed by atoms with Crippen molar-refractivity contribution in [2.24, 2.45) is 0 Å². The maximum Gasteiger partial charge on any atom is 0.255 e. The van der Waals surface area contributed by atoms with E-state index in [4.69, 9.17) is 4.52 Å². The standard InChI is InChI=1S/C20H17N7O2/c28-20(15-5-2-1-4-14(15)18-22-12-23-25-18)27-11-3-6-16(27)19-24-17(26-29-19)13-7-9-21-10-8-13/h1-2,4-5,7-10,12,16H,3,6,11H2,(H,22,23,25)/t16-/m0/s1. The van der Waals surface area contributed by atoms with Crippen molar-refractivity contribution in [3.8, 4) is 22.8 Å². The van der Waals surface area contributed by atoms with E-state index in [0.717, 1.165) is 18.4 Å². The predicted molar refractivity (Wildman–Crippen MR) is 102 cm³/mol. The molecule has 1 aromatic carbocycles. The number of nitrogens with one attached hydrogen (secondary N) is 1. The summed E-state index contributed by atoms with van der Waals surface area (Å²) in [6.45, 7) is 0.626. The number of carbonyl (C=O) groups is 1. The fourth-order valence-corrected chi connectivity index (χ4v) is 3.62. The number of nitrogens with zero attached hydrogens (tertiary/aromatic N) is 6. The van der Waals surface area contributed by atoms with Crippen molar-refractivity contribution in [1.29, 1.82) is 0 Å². The number of H-pyrrole nitrogens is 1. The molecule has 5 rings (SSSR count). The molecule has 1 amide bonds. The SMILES string of the molecule is O=C(c1ccccc1-c1ncn[nH]1)N1CCC[C@H]1c1nc(-c2ccncc2)no1. The van der Waals surface area contributed by atoms with Crippen LogP contribution in [0.15, 0.2) is 59.6 Å². The highest BCUT2D eigenvalue weighted by Crippen LogP contribution is 2.34. The molecule has 3 aromatic heterocycles. The van der Waals surface area contributed by atoms with Crippen molar-refractivity contribution in [2.75, 3.05) is 6.54 Å². The minimum atomic E-state index is -0.256. The molecule has 9 nitrogen and oxygen atoms in total. The van der Waals surface area contributed by atoms with E-state index in [1.807, 2.05) is 30.3 Å². The summed E-state index contributed by atoms with van der Waals surface area (Å²) < 4.78 is 5.52. The Morgan fingerprint density at radius 3 is 2.86 bits per heavy atom. The smallest absolute Gasteiger partial charge is 0.255 e. The lowest BCUT2D eigenvalue weighted by atomic mass is 10.1. The summed E-state index contributed by atoms with van der Waals surface area (Å²) in [6.07, 6.45) is 6.42. The van der Waals surface area contributed by atoms with Crippen molar-refractivity contribution in [2.45, 2.75) is 18.9 Å². The number of hydrogen-bond donors (Lipinski definition) is 1. The van der Waals surface area contributed by atoms with Crippen LogP contribution in [-0.2, 0) is 0 Å². The summed E-state index contributed by atoms with van der Waals surface area (Å²) in [5.41, 5.74) is 2.09. The van der Waals surface area contributed by atoms with Gasteiger partial charge in [-0.15, -0.1) is 0 Å². The minimum Gasteiger partial charge on any atom is -0.337 e. The predicted octanol–water partition coefficient (Wildman–Crippen LogP) is 2.89. The zero-order valence-electron chi connectivity index (χ0n) is 15.4. The first-order valence-corrected chi connectivity index (χ1v) is 9.31. The van der Waals surface area contributed by atoms with Gasteiger partial charge >= 0.3 is 0 Å². The van der Waals surface area contributed by atoms with E-state index < -0.39 is 0 Å². The third kappa shape index (κ3) is 3.16. The Bertz CT molecular complexity index is 1120. The van der Waals surface area contributed by atoms with Gasteiger partial charge in [0.15, 0.2) is 5.82 Å². The zero-order chi connectivity index (χ0) is 19.6. The van der Waals surface area contributed by atoms with Gasteiger partial charge < -0.3 is 9.42 Å². The van der Waals surface area contributed by atoms with Crippen LogP contribution in [0.2, 0.25) is 0 Å². The molecule has 9 heteroatoms. The Balaban J connectivity index is 1.45. The highest BCUT2D eigenvalue weighted by atomic mass is 16.5. The average Bonchev–Trinajstić information content (AvgIpc) is 3.55. The van der Waals surface area contributed by atoms with Gasteiger partial charge in [0, 0.05) is 30.1 Å². The van der Waals surface area contributed by atoms with Crippen LogP contribution in [0.4, 0.5) is 0 Å². The van der Waals surface area contributed by atoms with Crippen molar-refractivity contribution in [1.82, 2.24) is 35.2 Å². The summed E-state index contributed by atoms with van der Waals surface area (Å²) >= 11 is 0. The second-order valence-corrected chi connectivity index (χ2v) is 6.73. The van der Waals surface area contributed by atoms with Crippen LogP contribution >= 0.6 is 0 Å². The molecule has 1 N–H and O–H groups in total. The quantitative estimate of drug-likeness (QED) is 0.573. The molecule has 4 heterocycles. The molecule has 29 heavy (non-hydrogen) atoms. The van der Waals surface area contributed by atoms with Crippen molar-refractivity contribution in [3.63, 3.8) is 0 Å². The number of benzene rings is 1. The number of amides is 1. The molecule has 0 bridgehead atoms. The van der Waals surface area contributed by atoms with Gasteiger partial charge in [-0.2, -0.15) is 10.1 Å². The van der Waals surface area contributed by atoms with Crippen molar-refractivity contribution < 1.29 is 9.32 Å². The molecule has 1 saturated heterocycles. The van der Waals surface area contributed by atoms with Gasteiger partial charge in [-0.25, -0.2) is 4.98 Å². The average molecular weight is 387 g/mol. The summed E-state index contributed by atoms with van der Waals surface area (Å²) in [5, 5.41) is 10.8. The highest BCUT2D eigenvalue weighted by molar-refractivity contribution is 6.00. The van der Waals surface area contributed by atoms with E-state index in [9.17, 15) is 4.79 Å². The van der Waals surface area contributed by atoms with Gasteiger partial charge in [0.1, 0.15) is 12.4 Å². The van der Waals surface area contributed by atoms with E-state index >= 15 is 0 Å². The summed E-state index contributed by atoms with van der Waals surface area (Å²) in [4.78, 5) is 27.9. The van der Waals surface area contributed by atoms with Crippen molar-refractivity contribution >= 4 is 5.91 Å². The second kappa shape index (κ2) is 7.27. The zero-order valence-corrected chi connectivity index (χ0v) is 15.4. The van der Waals surface area contributed by atoms with Crippen molar-refractivity contribution in [3.05, 3.63) is 66.6 Å². The topological polar surface area (TPSA) is 114 Å². The van der Waals surface area contributed by atoms with Crippen LogP contribution in [0.3, 0.4) is 0 Å². The van der Waals surface area contributed by atoms with Crippen LogP contribution < -0.4 is 0 Å². The molecule has 144 valence electrons. The molecule has 0 aliphatic carbocycles. The van der Waals surface area contributed by atoms with Crippen LogP contribution in [0.25, 0.3) is 22.8 Å². The first-order chi connectivity index (χ1) is 14.3. The number of pyridine rings is 1.